The molecular weight excluding hydrogens is 204 g/mol. The van der Waals surface area contributed by atoms with Gasteiger partial charge in [0.05, 0.1) is 0 Å². The summed E-state index contributed by atoms with van der Waals surface area (Å²) >= 11 is 0. The maximum Gasteiger partial charge on any atom is 0.221 e. The molecule has 0 fully saturated rings. The third-order valence-electron chi connectivity index (χ3n) is 2.23. The molecule has 0 amide bonds. The number of carbonyl (C=O) groups excluding carboxylic acids is 2. The van der Waals surface area contributed by atoms with Crippen molar-refractivity contribution in [2.45, 2.75) is 6.92 Å². The van der Waals surface area contributed by atoms with Crippen molar-refractivity contribution in [3.05, 3.63) is 53.8 Å². The Morgan fingerprint density at radius 2 is 1.81 bits per heavy atom. The van der Waals surface area contributed by atoms with Gasteiger partial charge in [-0.15, -0.1) is 0 Å². The van der Waals surface area contributed by atoms with Crippen molar-refractivity contribution in [2.24, 2.45) is 0 Å². The van der Waals surface area contributed by atoms with E-state index in [0.717, 1.165) is 5.56 Å². The predicted octanol–water partition coefficient (Wildman–Crippen LogP) is 1.97. The Hall–Kier alpha value is -2.16. The van der Waals surface area contributed by atoms with Gasteiger partial charge in [-0.25, -0.2) is 0 Å². The van der Waals surface area contributed by atoms with Crippen LogP contribution in [0.25, 0.3) is 0 Å². The molecule has 0 bridgehead atoms. The van der Waals surface area contributed by atoms with Crippen LogP contribution < -0.4 is 4.74 Å². The summed E-state index contributed by atoms with van der Waals surface area (Å²) in [6.45, 7) is 1.88. The Balaban J connectivity index is 2.26. The van der Waals surface area contributed by atoms with E-state index in [1.165, 1.54) is 18.2 Å². The topological polar surface area (TPSA) is 43.4 Å². The molecule has 0 atom stereocenters. The number of aryl methyl sites for hydroxylation is 1. The lowest BCUT2D eigenvalue weighted by molar-refractivity contribution is -0.116. The molecule has 0 saturated carbocycles. The molecule has 0 unspecified atom stereocenters. The molecule has 1 aromatic carbocycles. The Kier molecular flexibility index (Phi) is 2.68. The zero-order valence-electron chi connectivity index (χ0n) is 8.77. The smallest absolute Gasteiger partial charge is 0.221 e. The third kappa shape index (κ3) is 2.08. The predicted molar refractivity (Wildman–Crippen MR) is 59.0 cm³/mol. The summed E-state index contributed by atoms with van der Waals surface area (Å²) < 4.78 is 5.41. The van der Waals surface area contributed by atoms with Gasteiger partial charge >= 0.3 is 0 Å². The average Bonchev–Trinajstić information content (AvgIpc) is 2.27. The SMILES string of the molecule is Cc1ccccc1OC1=CC(=O)C=CC1=O. The quantitative estimate of drug-likeness (QED) is 0.707. The molecule has 0 saturated heterocycles. The molecule has 1 aliphatic carbocycles. The molecule has 1 aliphatic rings. The lowest BCUT2D eigenvalue weighted by Gasteiger charge is -2.10. The van der Waals surface area contributed by atoms with Gasteiger partial charge < -0.3 is 4.74 Å². The molecule has 0 spiro atoms. The van der Waals surface area contributed by atoms with Gasteiger partial charge in [-0.1, -0.05) is 18.2 Å². The maximum atomic E-state index is 11.4. The van der Waals surface area contributed by atoms with E-state index in [1.54, 1.807) is 6.07 Å². The normalized spacial score (nSPS) is 14.9. The van der Waals surface area contributed by atoms with Crippen LogP contribution in [0.4, 0.5) is 0 Å². The second-order valence-corrected chi connectivity index (χ2v) is 3.48. The van der Waals surface area contributed by atoms with Gasteiger partial charge in [-0.2, -0.15) is 0 Å². The summed E-state index contributed by atoms with van der Waals surface area (Å²) in [7, 11) is 0. The Morgan fingerprint density at radius 3 is 2.56 bits per heavy atom. The van der Waals surface area contributed by atoms with Crippen LogP contribution in [-0.4, -0.2) is 11.6 Å². The highest BCUT2D eigenvalue weighted by molar-refractivity contribution is 6.16. The van der Waals surface area contributed by atoms with E-state index in [1.807, 2.05) is 25.1 Å². The number of allylic oxidation sites excluding steroid dienone is 3. The van der Waals surface area contributed by atoms with Crippen LogP contribution >= 0.6 is 0 Å². The number of hydrogen-bond donors (Lipinski definition) is 0. The number of hydrogen-bond acceptors (Lipinski definition) is 3. The molecule has 80 valence electrons. The highest BCUT2D eigenvalue weighted by Gasteiger charge is 2.15. The van der Waals surface area contributed by atoms with Crippen molar-refractivity contribution in [1.29, 1.82) is 0 Å². The van der Waals surface area contributed by atoms with Gasteiger partial charge in [0.2, 0.25) is 5.78 Å². The van der Waals surface area contributed by atoms with Gasteiger partial charge in [0.25, 0.3) is 0 Å². The molecule has 0 N–H and O–H groups in total. The first-order valence-corrected chi connectivity index (χ1v) is 4.88. The van der Waals surface area contributed by atoms with Gasteiger partial charge in [0.15, 0.2) is 11.5 Å². The molecule has 3 nitrogen and oxygen atoms in total. The third-order valence-corrected chi connectivity index (χ3v) is 2.23. The van der Waals surface area contributed by atoms with E-state index in [2.05, 4.69) is 0 Å². The number of rotatable bonds is 2. The largest absolute Gasteiger partial charge is 0.453 e. The lowest BCUT2D eigenvalue weighted by atomic mass is 10.1. The van der Waals surface area contributed by atoms with Crippen molar-refractivity contribution >= 4 is 11.6 Å². The summed E-state index contributed by atoms with van der Waals surface area (Å²) in [5, 5.41) is 0. The average molecular weight is 214 g/mol. The Morgan fingerprint density at radius 1 is 1.06 bits per heavy atom. The van der Waals surface area contributed by atoms with Gasteiger partial charge in [0, 0.05) is 6.08 Å². The van der Waals surface area contributed by atoms with Crippen LogP contribution in [0.3, 0.4) is 0 Å². The maximum absolute atomic E-state index is 11.4. The highest BCUT2D eigenvalue weighted by atomic mass is 16.5. The number of benzene rings is 1. The van der Waals surface area contributed by atoms with Crippen LogP contribution in [-0.2, 0) is 9.59 Å². The van der Waals surface area contributed by atoms with Gasteiger partial charge in [-0.3, -0.25) is 9.59 Å². The molecule has 1 aromatic rings. The molecule has 0 aromatic heterocycles. The van der Waals surface area contributed by atoms with E-state index < -0.39 is 0 Å². The molecule has 16 heavy (non-hydrogen) atoms. The molecule has 3 heteroatoms. The second-order valence-electron chi connectivity index (χ2n) is 3.48. The van der Waals surface area contributed by atoms with Gasteiger partial charge in [0.1, 0.15) is 5.75 Å². The number of ether oxygens (including phenoxy) is 1. The molecule has 0 heterocycles. The molecular formula is C13H10O3. The molecule has 2 rings (SSSR count). The van der Waals surface area contributed by atoms with Crippen molar-refractivity contribution in [3.63, 3.8) is 0 Å². The fraction of sp³-hybridized carbons (Fsp3) is 0.0769. The molecule has 0 aliphatic heterocycles. The minimum Gasteiger partial charge on any atom is -0.453 e. The van der Waals surface area contributed by atoms with E-state index in [-0.39, 0.29) is 17.3 Å². The van der Waals surface area contributed by atoms with Crippen LogP contribution in [0.1, 0.15) is 5.56 Å². The first kappa shape index (κ1) is 10.4. The highest BCUT2D eigenvalue weighted by Crippen LogP contribution is 2.20. The Labute approximate surface area is 93.0 Å². The van der Waals surface area contributed by atoms with Crippen molar-refractivity contribution in [1.82, 2.24) is 0 Å². The summed E-state index contributed by atoms with van der Waals surface area (Å²) in [5.41, 5.74) is 0.915. The van der Waals surface area contributed by atoms with Gasteiger partial charge in [-0.05, 0) is 30.7 Å². The van der Waals surface area contributed by atoms with E-state index >= 15 is 0 Å². The summed E-state index contributed by atoms with van der Waals surface area (Å²) in [6, 6.07) is 7.32. The number of carbonyl (C=O) groups is 2. The first-order valence-electron chi connectivity index (χ1n) is 4.88. The van der Waals surface area contributed by atoms with Crippen LogP contribution in [0.2, 0.25) is 0 Å². The fourth-order valence-electron chi connectivity index (χ4n) is 1.36. The van der Waals surface area contributed by atoms with Crippen molar-refractivity contribution in [3.8, 4) is 5.75 Å². The zero-order chi connectivity index (χ0) is 11.5. The second kappa shape index (κ2) is 4.14. The Bertz CT molecular complexity index is 510. The van der Waals surface area contributed by atoms with E-state index in [9.17, 15) is 9.59 Å². The van der Waals surface area contributed by atoms with Crippen molar-refractivity contribution < 1.29 is 14.3 Å². The number of para-hydroxylation sites is 1. The first-order chi connectivity index (χ1) is 7.66. The molecule has 0 radical (unpaired) electrons. The minimum atomic E-state index is -0.289. The standard InChI is InChI=1S/C13H10O3/c1-9-4-2-3-5-12(9)16-13-8-10(14)6-7-11(13)15/h2-8H,1H3. The fourth-order valence-corrected chi connectivity index (χ4v) is 1.36. The van der Waals surface area contributed by atoms with Crippen LogP contribution in [0.15, 0.2) is 48.3 Å². The van der Waals surface area contributed by atoms with Crippen LogP contribution in [0.5, 0.6) is 5.75 Å². The summed E-state index contributed by atoms with van der Waals surface area (Å²) in [5.74, 6) is 0.137. The van der Waals surface area contributed by atoms with E-state index in [0.29, 0.717) is 5.75 Å². The summed E-state index contributed by atoms with van der Waals surface area (Å²) in [4.78, 5) is 22.5. The van der Waals surface area contributed by atoms with Crippen molar-refractivity contribution in [2.75, 3.05) is 0 Å². The zero-order valence-corrected chi connectivity index (χ0v) is 8.77. The van der Waals surface area contributed by atoms with Crippen LogP contribution in [0, 0.1) is 6.92 Å². The number of ketones is 2. The monoisotopic (exact) mass is 214 g/mol. The summed E-state index contributed by atoms with van der Waals surface area (Å²) in [6.07, 6.45) is 3.65. The lowest BCUT2D eigenvalue weighted by Crippen LogP contribution is -2.13. The van der Waals surface area contributed by atoms with E-state index in [4.69, 9.17) is 4.74 Å². The minimum absolute atomic E-state index is 0.0711.